The fraction of sp³-hybridized carbons (Fsp3) is 0.458. The van der Waals surface area contributed by atoms with Crippen LogP contribution < -0.4 is 5.32 Å². The molecule has 37 heavy (non-hydrogen) atoms. The number of pyridine rings is 1. The van der Waals surface area contributed by atoms with Gasteiger partial charge < -0.3 is 15.3 Å². The van der Waals surface area contributed by atoms with Crippen LogP contribution in [0.15, 0.2) is 36.8 Å². The number of aromatic nitrogens is 5. The van der Waals surface area contributed by atoms with Crippen molar-refractivity contribution < 1.29 is 27.9 Å². The Hall–Kier alpha value is -3.90. The lowest BCUT2D eigenvalue weighted by atomic mass is 9.87. The normalized spacial score (nSPS) is 15.5. The highest BCUT2D eigenvalue weighted by Gasteiger charge is 2.34. The van der Waals surface area contributed by atoms with Crippen molar-refractivity contribution >= 4 is 34.7 Å². The topological polar surface area (TPSA) is 118 Å². The predicted octanol–water partition coefficient (Wildman–Crippen LogP) is 4.30. The van der Waals surface area contributed by atoms with Gasteiger partial charge in [0.25, 0.3) is 0 Å². The van der Waals surface area contributed by atoms with E-state index in [4.69, 9.17) is 0 Å². The van der Waals surface area contributed by atoms with Gasteiger partial charge in [0.1, 0.15) is 0 Å². The van der Waals surface area contributed by atoms with Gasteiger partial charge in [-0.15, -0.1) is 5.10 Å². The van der Waals surface area contributed by atoms with Crippen LogP contribution in [0.4, 0.5) is 24.8 Å². The fourth-order valence-electron chi connectivity index (χ4n) is 4.31. The summed E-state index contributed by atoms with van der Waals surface area (Å²) in [6.07, 6.45) is 1.09. The number of anilines is 2. The zero-order valence-electron chi connectivity index (χ0n) is 20.7. The number of carboxylic acid groups (broad SMARTS) is 1. The first-order chi connectivity index (χ1) is 17.3. The van der Waals surface area contributed by atoms with E-state index in [1.54, 1.807) is 23.0 Å². The van der Waals surface area contributed by atoms with E-state index >= 15 is 0 Å². The molecule has 1 aliphatic heterocycles. The second kappa shape index (κ2) is 9.87. The van der Waals surface area contributed by atoms with Crippen LogP contribution in [0.25, 0.3) is 11.2 Å². The molecule has 0 bridgehead atoms. The first-order valence-corrected chi connectivity index (χ1v) is 11.7. The highest BCUT2D eigenvalue weighted by atomic mass is 19.4. The minimum Gasteiger partial charge on any atom is -0.480 e. The van der Waals surface area contributed by atoms with Gasteiger partial charge in [0.05, 0.1) is 18.3 Å². The summed E-state index contributed by atoms with van der Waals surface area (Å²) in [7, 11) is 0. The number of hydrogen-bond acceptors (Lipinski definition) is 6. The van der Waals surface area contributed by atoms with E-state index in [0.29, 0.717) is 24.3 Å². The molecule has 1 atom stereocenters. The van der Waals surface area contributed by atoms with E-state index in [1.165, 1.54) is 15.8 Å². The van der Waals surface area contributed by atoms with Gasteiger partial charge >= 0.3 is 12.1 Å². The summed E-state index contributed by atoms with van der Waals surface area (Å²) in [5, 5.41) is 21.3. The molecule has 0 aromatic carbocycles. The number of nitrogens with one attached hydrogen (secondary N) is 1. The van der Waals surface area contributed by atoms with E-state index in [9.17, 15) is 27.9 Å². The largest absolute Gasteiger partial charge is 0.480 e. The van der Waals surface area contributed by atoms with Crippen LogP contribution in [0.5, 0.6) is 0 Å². The Labute approximate surface area is 210 Å². The number of fused-ring (bicyclic) bond motifs is 1. The second-order valence-corrected chi connectivity index (χ2v) is 10.0. The van der Waals surface area contributed by atoms with Crippen molar-refractivity contribution in [2.24, 2.45) is 5.41 Å². The molecule has 3 aromatic heterocycles. The van der Waals surface area contributed by atoms with Crippen molar-refractivity contribution in [3.8, 4) is 0 Å². The number of carboxylic acids is 1. The number of alkyl halides is 3. The summed E-state index contributed by atoms with van der Waals surface area (Å²) in [6.45, 7) is 6.01. The molecule has 0 aliphatic carbocycles. The third-order valence-electron chi connectivity index (χ3n) is 6.07. The lowest BCUT2D eigenvalue weighted by molar-refractivity contribution is -0.148. The quantitative estimate of drug-likeness (QED) is 0.478. The number of rotatable bonds is 7. The van der Waals surface area contributed by atoms with Gasteiger partial charge in [0, 0.05) is 37.5 Å². The van der Waals surface area contributed by atoms with Crippen molar-refractivity contribution in [2.45, 2.75) is 52.3 Å². The molecule has 0 spiro atoms. The monoisotopic (exact) mass is 519 g/mol. The SMILES string of the molecule is CC(C)(C)C(C(=O)O)n1cc(Nc2nc3c(C4=CCN(C(=O)CCC(F)(F)F)CC4)cccn3n2)cn1. The van der Waals surface area contributed by atoms with Gasteiger partial charge in [0.15, 0.2) is 11.7 Å². The van der Waals surface area contributed by atoms with Gasteiger partial charge in [-0.25, -0.2) is 9.31 Å². The highest BCUT2D eigenvalue weighted by Crippen LogP contribution is 2.32. The van der Waals surface area contributed by atoms with Crippen LogP contribution in [0, 0.1) is 5.41 Å². The molecule has 1 unspecified atom stereocenters. The smallest absolute Gasteiger partial charge is 0.389 e. The third kappa shape index (κ3) is 6.09. The molecule has 0 saturated carbocycles. The molecule has 10 nitrogen and oxygen atoms in total. The molecule has 4 heterocycles. The highest BCUT2D eigenvalue weighted by molar-refractivity contribution is 5.81. The predicted molar refractivity (Wildman–Crippen MR) is 129 cm³/mol. The summed E-state index contributed by atoms with van der Waals surface area (Å²) < 4.78 is 40.3. The first-order valence-electron chi connectivity index (χ1n) is 11.7. The van der Waals surface area contributed by atoms with Crippen LogP contribution in [0.3, 0.4) is 0 Å². The lowest BCUT2D eigenvalue weighted by Crippen LogP contribution is -2.35. The van der Waals surface area contributed by atoms with Gasteiger partial charge in [-0.2, -0.15) is 23.3 Å². The molecule has 13 heteroatoms. The lowest BCUT2D eigenvalue weighted by Gasteiger charge is -2.27. The molecule has 1 aliphatic rings. The number of aliphatic carboxylic acids is 1. The molecule has 4 rings (SSSR count). The molecular weight excluding hydrogens is 491 g/mol. The van der Waals surface area contributed by atoms with E-state index in [2.05, 4.69) is 20.5 Å². The second-order valence-electron chi connectivity index (χ2n) is 10.0. The maximum atomic E-state index is 12.4. The Balaban J connectivity index is 1.50. The molecule has 1 amide bonds. The molecule has 2 N–H and O–H groups in total. The molecule has 0 fully saturated rings. The van der Waals surface area contributed by atoms with Crippen LogP contribution in [0.2, 0.25) is 0 Å². The van der Waals surface area contributed by atoms with Gasteiger partial charge in [-0.05, 0) is 29.5 Å². The van der Waals surface area contributed by atoms with Gasteiger partial charge in [-0.3, -0.25) is 9.48 Å². The molecule has 0 saturated heterocycles. The van der Waals surface area contributed by atoms with Crippen molar-refractivity contribution in [3.05, 3.63) is 42.4 Å². The van der Waals surface area contributed by atoms with Crippen LogP contribution >= 0.6 is 0 Å². The van der Waals surface area contributed by atoms with E-state index in [0.717, 1.165) is 11.1 Å². The molecular formula is C24H28F3N7O3. The number of carbonyl (C=O) groups excluding carboxylic acids is 1. The number of amides is 1. The average Bonchev–Trinajstić information content (AvgIpc) is 3.42. The van der Waals surface area contributed by atoms with Crippen molar-refractivity contribution in [2.75, 3.05) is 18.4 Å². The van der Waals surface area contributed by atoms with Crippen molar-refractivity contribution in [1.29, 1.82) is 0 Å². The van der Waals surface area contributed by atoms with Crippen LogP contribution in [-0.2, 0) is 9.59 Å². The number of nitrogens with zero attached hydrogens (tertiary/aromatic N) is 6. The van der Waals surface area contributed by atoms with Crippen molar-refractivity contribution in [1.82, 2.24) is 29.3 Å². The summed E-state index contributed by atoms with van der Waals surface area (Å²) in [5.74, 6) is -1.22. The Kier molecular flexibility index (Phi) is 6.98. The summed E-state index contributed by atoms with van der Waals surface area (Å²) >= 11 is 0. The first kappa shape index (κ1) is 26.2. The summed E-state index contributed by atoms with van der Waals surface area (Å²) in [4.78, 5) is 29.9. The molecule has 3 aromatic rings. The maximum absolute atomic E-state index is 12.4. The van der Waals surface area contributed by atoms with E-state index in [1.807, 2.05) is 32.9 Å². The average molecular weight is 520 g/mol. The maximum Gasteiger partial charge on any atom is 0.389 e. The molecule has 0 radical (unpaired) electrons. The molecule has 198 valence electrons. The standard InChI is InChI=1S/C24H28F3N7O3/c1-23(2,3)19(21(36)37)34-14-16(13-28-34)29-22-30-20-17(5-4-10-33(20)31-22)15-7-11-32(12-8-15)18(35)6-9-24(25,26)27/h4-5,7,10,13-14,19H,6,8-9,11-12H2,1-3H3,(H,29,31)(H,36,37). The summed E-state index contributed by atoms with van der Waals surface area (Å²) in [6, 6.07) is 2.82. The van der Waals surface area contributed by atoms with Crippen LogP contribution in [-0.4, -0.2) is 65.5 Å². The van der Waals surface area contributed by atoms with E-state index < -0.39 is 42.4 Å². The Morgan fingerprint density at radius 1 is 1.24 bits per heavy atom. The Morgan fingerprint density at radius 2 is 2.00 bits per heavy atom. The fourth-order valence-corrected chi connectivity index (χ4v) is 4.31. The third-order valence-corrected chi connectivity index (χ3v) is 6.07. The Morgan fingerprint density at radius 3 is 2.62 bits per heavy atom. The van der Waals surface area contributed by atoms with Crippen molar-refractivity contribution in [3.63, 3.8) is 0 Å². The summed E-state index contributed by atoms with van der Waals surface area (Å²) in [5.41, 5.74) is 2.26. The zero-order valence-corrected chi connectivity index (χ0v) is 20.7. The van der Waals surface area contributed by atoms with Gasteiger partial charge in [-0.1, -0.05) is 26.8 Å². The Bertz CT molecular complexity index is 1340. The zero-order chi connectivity index (χ0) is 27.0. The number of halogens is 3. The van der Waals surface area contributed by atoms with E-state index in [-0.39, 0.29) is 12.5 Å². The minimum atomic E-state index is -4.36. The number of carbonyl (C=O) groups is 2. The number of hydrogen-bond donors (Lipinski definition) is 2. The minimum absolute atomic E-state index is 0.226. The van der Waals surface area contributed by atoms with Gasteiger partial charge in [0.2, 0.25) is 11.9 Å². The van der Waals surface area contributed by atoms with Crippen LogP contribution in [0.1, 0.15) is 51.6 Å².